The number of fused-ring (bicyclic) bond motifs is 1. The molecule has 0 aliphatic rings. The molecule has 0 saturated heterocycles. The van der Waals surface area contributed by atoms with Crippen LogP contribution < -0.4 is 5.32 Å². The summed E-state index contributed by atoms with van der Waals surface area (Å²) in [6.07, 6.45) is 3.00. The van der Waals surface area contributed by atoms with Gasteiger partial charge in [0.1, 0.15) is 11.3 Å². The van der Waals surface area contributed by atoms with Crippen LogP contribution in [-0.4, -0.2) is 15.1 Å². The van der Waals surface area contributed by atoms with Crippen molar-refractivity contribution < 1.29 is 9.50 Å². The lowest BCUT2D eigenvalue weighted by molar-refractivity contribution is 0.471. The van der Waals surface area contributed by atoms with Gasteiger partial charge < -0.3 is 10.4 Å². The van der Waals surface area contributed by atoms with E-state index in [1.807, 2.05) is 55.5 Å². The summed E-state index contributed by atoms with van der Waals surface area (Å²) in [7, 11) is 0. The van der Waals surface area contributed by atoms with E-state index in [1.54, 1.807) is 6.20 Å². The fraction of sp³-hybridized carbons (Fsp3) is 0.0909. The average Bonchev–Trinajstić information content (AvgIpc) is 2.69. The Labute approximate surface area is 166 Å². The Kier molecular flexibility index (Phi) is 4.84. The third kappa shape index (κ3) is 3.49. The molecule has 0 aliphatic heterocycles. The van der Waals surface area contributed by atoms with Gasteiger partial charge in [0, 0.05) is 23.3 Å². The van der Waals surface area contributed by atoms with Crippen LogP contribution in [0.25, 0.3) is 10.9 Å². The topological polar surface area (TPSA) is 58.0 Å². The second-order valence-electron chi connectivity index (χ2n) is 6.55. The lowest BCUT2D eigenvalue weighted by Crippen LogP contribution is -2.15. The molecule has 0 radical (unpaired) electrons. The maximum atomic E-state index is 14.4. The number of hydrogen-bond acceptors (Lipinski definition) is 4. The molecule has 140 valence electrons. The van der Waals surface area contributed by atoms with Crippen LogP contribution in [0.2, 0.25) is 5.02 Å². The minimum atomic E-state index is -0.567. The van der Waals surface area contributed by atoms with Gasteiger partial charge >= 0.3 is 0 Å². The molecule has 2 heterocycles. The Hall–Kier alpha value is -3.18. The number of pyridine rings is 2. The summed E-state index contributed by atoms with van der Waals surface area (Å²) in [6, 6.07) is 15.8. The normalized spacial score (nSPS) is 12.1. The average molecular weight is 394 g/mol. The second-order valence-corrected chi connectivity index (χ2v) is 6.99. The van der Waals surface area contributed by atoms with Crippen LogP contribution in [-0.2, 0) is 0 Å². The van der Waals surface area contributed by atoms with Crippen LogP contribution >= 0.6 is 11.6 Å². The summed E-state index contributed by atoms with van der Waals surface area (Å²) in [5, 5.41) is 15.0. The number of nitrogens with zero attached hydrogens (tertiary/aromatic N) is 2. The number of aromatic hydroxyl groups is 1. The zero-order valence-electron chi connectivity index (χ0n) is 15.0. The first-order chi connectivity index (χ1) is 13.5. The van der Waals surface area contributed by atoms with E-state index in [-0.39, 0.29) is 16.6 Å². The van der Waals surface area contributed by atoms with Crippen molar-refractivity contribution in [1.29, 1.82) is 0 Å². The molecular weight excluding hydrogens is 377 g/mol. The molecule has 0 spiro atoms. The minimum absolute atomic E-state index is 0.0468. The van der Waals surface area contributed by atoms with E-state index >= 15 is 0 Å². The summed E-state index contributed by atoms with van der Waals surface area (Å²) < 4.78 is 14.4. The predicted octanol–water partition coefficient (Wildman–Crippen LogP) is 5.64. The number of rotatable bonds is 4. The Bertz CT molecular complexity index is 1150. The van der Waals surface area contributed by atoms with Gasteiger partial charge in [0.05, 0.1) is 11.1 Å². The van der Waals surface area contributed by atoms with Gasteiger partial charge in [-0.2, -0.15) is 0 Å². The van der Waals surface area contributed by atoms with Crippen molar-refractivity contribution in [2.45, 2.75) is 13.0 Å². The maximum Gasteiger partial charge on any atom is 0.166 e. The molecule has 2 aromatic carbocycles. The van der Waals surface area contributed by atoms with Crippen LogP contribution in [0.1, 0.15) is 22.7 Å². The Morgan fingerprint density at radius 2 is 1.86 bits per heavy atom. The van der Waals surface area contributed by atoms with Crippen molar-refractivity contribution in [1.82, 2.24) is 9.97 Å². The SMILES string of the molecule is Cc1ccc(C(Nc2ncc(Cl)cc2F)c2ccc3cccnc3c2O)cc1. The molecule has 0 saturated carbocycles. The largest absolute Gasteiger partial charge is 0.505 e. The van der Waals surface area contributed by atoms with Gasteiger partial charge in [-0.25, -0.2) is 9.37 Å². The molecule has 28 heavy (non-hydrogen) atoms. The van der Waals surface area contributed by atoms with E-state index in [0.29, 0.717) is 11.1 Å². The van der Waals surface area contributed by atoms with E-state index in [9.17, 15) is 9.50 Å². The molecule has 0 bridgehead atoms. The van der Waals surface area contributed by atoms with E-state index in [4.69, 9.17) is 11.6 Å². The number of hydrogen-bond donors (Lipinski definition) is 2. The number of nitrogens with one attached hydrogen (secondary N) is 1. The molecular formula is C22H17ClFN3O. The second kappa shape index (κ2) is 7.44. The predicted molar refractivity (Wildman–Crippen MR) is 109 cm³/mol. The Morgan fingerprint density at radius 3 is 2.61 bits per heavy atom. The van der Waals surface area contributed by atoms with Gasteiger partial charge in [-0.1, -0.05) is 59.6 Å². The van der Waals surface area contributed by atoms with Crippen LogP contribution in [0.3, 0.4) is 0 Å². The van der Waals surface area contributed by atoms with Crippen molar-refractivity contribution in [3.63, 3.8) is 0 Å². The van der Waals surface area contributed by atoms with Crippen LogP contribution in [0.15, 0.2) is 67.0 Å². The number of halogens is 2. The van der Waals surface area contributed by atoms with E-state index < -0.39 is 11.9 Å². The number of benzene rings is 2. The molecule has 0 fully saturated rings. The molecule has 4 rings (SSSR count). The number of phenols is 1. The third-order valence-electron chi connectivity index (χ3n) is 4.59. The van der Waals surface area contributed by atoms with Crippen molar-refractivity contribution >= 4 is 28.3 Å². The monoisotopic (exact) mass is 393 g/mol. The lowest BCUT2D eigenvalue weighted by atomic mass is 9.95. The fourth-order valence-corrected chi connectivity index (χ4v) is 3.28. The fourth-order valence-electron chi connectivity index (χ4n) is 3.14. The highest BCUT2D eigenvalue weighted by atomic mass is 35.5. The molecule has 1 atom stereocenters. The highest BCUT2D eigenvalue weighted by Gasteiger charge is 2.21. The highest BCUT2D eigenvalue weighted by Crippen LogP contribution is 2.36. The third-order valence-corrected chi connectivity index (χ3v) is 4.80. The summed E-state index contributed by atoms with van der Waals surface area (Å²) in [4.78, 5) is 8.35. The summed E-state index contributed by atoms with van der Waals surface area (Å²) >= 11 is 5.82. The first kappa shape index (κ1) is 18.2. The number of aryl methyl sites for hydroxylation is 1. The molecule has 0 aliphatic carbocycles. The van der Waals surface area contributed by atoms with Gasteiger partial charge in [-0.05, 0) is 24.6 Å². The lowest BCUT2D eigenvalue weighted by Gasteiger charge is -2.22. The smallest absolute Gasteiger partial charge is 0.166 e. The maximum absolute atomic E-state index is 14.4. The number of aromatic nitrogens is 2. The minimum Gasteiger partial charge on any atom is -0.505 e. The molecule has 4 nitrogen and oxygen atoms in total. The summed E-state index contributed by atoms with van der Waals surface area (Å²) in [5.74, 6) is -0.468. The van der Waals surface area contributed by atoms with Crippen molar-refractivity contribution in [2.24, 2.45) is 0 Å². The van der Waals surface area contributed by atoms with E-state index in [2.05, 4.69) is 15.3 Å². The van der Waals surface area contributed by atoms with Crippen LogP contribution in [0, 0.1) is 12.7 Å². The van der Waals surface area contributed by atoms with Crippen molar-refractivity contribution in [3.05, 3.63) is 94.5 Å². The molecule has 0 amide bonds. The summed E-state index contributed by atoms with van der Waals surface area (Å²) in [5.41, 5.74) is 3.02. The van der Waals surface area contributed by atoms with Crippen LogP contribution in [0.4, 0.5) is 10.2 Å². The highest BCUT2D eigenvalue weighted by molar-refractivity contribution is 6.30. The number of phenolic OH excluding ortho intramolecular Hbond substituents is 1. The van der Waals surface area contributed by atoms with Gasteiger partial charge in [0.25, 0.3) is 0 Å². The standard InChI is InChI=1S/C22H17ClFN3O/c1-13-4-6-15(7-5-13)19(27-22-18(24)11-16(23)12-26-22)17-9-8-14-3-2-10-25-20(14)21(17)28/h2-12,19,28H,1H3,(H,26,27). The zero-order chi connectivity index (χ0) is 19.7. The molecule has 6 heteroatoms. The van der Waals surface area contributed by atoms with Crippen molar-refractivity contribution in [2.75, 3.05) is 5.32 Å². The van der Waals surface area contributed by atoms with Gasteiger partial charge in [0.2, 0.25) is 0 Å². The molecule has 1 unspecified atom stereocenters. The number of anilines is 1. The Balaban J connectivity index is 1.85. The van der Waals surface area contributed by atoms with Gasteiger partial charge in [0.15, 0.2) is 11.6 Å². The summed E-state index contributed by atoms with van der Waals surface area (Å²) in [6.45, 7) is 1.99. The first-order valence-corrected chi connectivity index (χ1v) is 9.11. The Morgan fingerprint density at radius 1 is 1.07 bits per heavy atom. The van der Waals surface area contributed by atoms with Gasteiger partial charge in [-0.3, -0.25) is 4.98 Å². The quantitative estimate of drug-likeness (QED) is 0.471. The van der Waals surface area contributed by atoms with E-state index in [1.165, 1.54) is 12.3 Å². The molecule has 2 aromatic heterocycles. The molecule has 4 aromatic rings. The van der Waals surface area contributed by atoms with Crippen molar-refractivity contribution in [3.8, 4) is 5.75 Å². The van der Waals surface area contributed by atoms with E-state index in [0.717, 1.165) is 16.5 Å². The van der Waals surface area contributed by atoms with Gasteiger partial charge in [-0.15, -0.1) is 0 Å². The first-order valence-electron chi connectivity index (χ1n) is 8.73. The zero-order valence-corrected chi connectivity index (χ0v) is 15.8. The molecule has 2 N–H and O–H groups in total. The van der Waals surface area contributed by atoms with Crippen LogP contribution in [0.5, 0.6) is 5.75 Å².